The van der Waals surface area contributed by atoms with Gasteiger partial charge in [0, 0.05) is 38.0 Å². The van der Waals surface area contributed by atoms with Crippen molar-refractivity contribution in [2.45, 2.75) is 50.8 Å². The van der Waals surface area contributed by atoms with E-state index in [1.54, 1.807) is 0 Å². The van der Waals surface area contributed by atoms with Crippen LogP contribution in [0, 0.1) is 6.92 Å². The number of benzene rings is 2. The van der Waals surface area contributed by atoms with Crippen LogP contribution in [0.2, 0.25) is 0 Å². The molecule has 1 spiro atoms. The lowest BCUT2D eigenvalue weighted by molar-refractivity contribution is -0.127. The van der Waals surface area contributed by atoms with E-state index in [2.05, 4.69) is 47.6 Å². The van der Waals surface area contributed by atoms with E-state index in [9.17, 15) is 4.79 Å². The summed E-state index contributed by atoms with van der Waals surface area (Å²) in [4.78, 5) is 17.1. The van der Waals surface area contributed by atoms with E-state index in [1.165, 1.54) is 5.56 Å². The molecule has 2 amide bonds. The van der Waals surface area contributed by atoms with E-state index in [0.717, 1.165) is 63.2 Å². The van der Waals surface area contributed by atoms with Gasteiger partial charge in [0.1, 0.15) is 0 Å². The fourth-order valence-corrected chi connectivity index (χ4v) is 4.77. The van der Waals surface area contributed by atoms with Crippen molar-refractivity contribution in [2.24, 2.45) is 0 Å². The number of nitrogens with zero attached hydrogens (tertiary/aromatic N) is 2. The average molecular weight is 408 g/mol. The number of carbonyl (C=O) groups excluding carboxylic acids is 1. The lowest BCUT2D eigenvalue weighted by Crippen LogP contribution is -2.54. The average Bonchev–Trinajstić information content (AvgIpc) is 2.75. The smallest absolute Gasteiger partial charge is 0.321 e. The number of aryl methyl sites for hydroxylation is 1. The Balaban J connectivity index is 1.31. The summed E-state index contributed by atoms with van der Waals surface area (Å²) in [5.74, 6) is 0. The third-order valence-electron chi connectivity index (χ3n) is 6.60. The Kier molecular flexibility index (Phi) is 6.40. The zero-order valence-electron chi connectivity index (χ0n) is 18.1. The number of hydrogen-bond donors (Lipinski definition) is 1. The van der Waals surface area contributed by atoms with Gasteiger partial charge in [-0.15, -0.1) is 0 Å². The molecule has 30 heavy (non-hydrogen) atoms. The Hall–Kier alpha value is -2.37. The van der Waals surface area contributed by atoms with Gasteiger partial charge >= 0.3 is 6.03 Å². The fraction of sp³-hybridized carbons (Fsp3) is 0.480. The van der Waals surface area contributed by atoms with Gasteiger partial charge in [0.2, 0.25) is 0 Å². The minimum atomic E-state index is -0.0893. The van der Waals surface area contributed by atoms with Gasteiger partial charge in [-0.1, -0.05) is 42.5 Å². The van der Waals surface area contributed by atoms with Gasteiger partial charge in [-0.3, -0.25) is 4.90 Å². The van der Waals surface area contributed by atoms with Crippen molar-refractivity contribution in [3.05, 3.63) is 65.7 Å². The molecule has 2 aliphatic rings. The molecule has 0 bridgehead atoms. The molecule has 2 aromatic rings. The lowest BCUT2D eigenvalue weighted by Gasteiger charge is -2.47. The summed E-state index contributed by atoms with van der Waals surface area (Å²) in [6.45, 7) is 5.29. The Morgan fingerprint density at radius 2 is 1.93 bits per heavy atom. The molecule has 1 N–H and O–H groups in total. The van der Waals surface area contributed by atoms with Crippen LogP contribution >= 0.6 is 0 Å². The molecule has 4 rings (SSSR count). The van der Waals surface area contributed by atoms with Crippen LogP contribution in [-0.4, -0.2) is 54.2 Å². The number of rotatable bonds is 4. The van der Waals surface area contributed by atoms with Crippen LogP contribution in [0.25, 0.3) is 0 Å². The minimum Gasteiger partial charge on any atom is -0.375 e. The highest BCUT2D eigenvalue weighted by Gasteiger charge is 2.42. The first-order valence-corrected chi connectivity index (χ1v) is 11.0. The SMILES string of the molecule is Cc1cccc(NC(=O)N2CCC3(CC2)C[C@@H](N(C)Cc2ccccc2)CCO3)c1. The number of ether oxygens (including phenoxy) is 1. The lowest BCUT2D eigenvalue weighted by atomic mass is 9.82. The van der Waals surface area contributed by atoms with E-state index in [4.69, 9.17) is 4.74 Å². The predicted molar refractivity (Wildman–Crippen MR) is 121 cm³/mol. The Bertz CT molecular complexity index is 846. The van der Waals surface area contributed by atoms with E-state index < -0.39 is 0 Å². The van der Waals surface area contributed by atoms with Crippen LogP contribution in [0.5, 0.6) is 0 Å². The number of piperidine rings is 1. The van der Waals surface area contributed by atoms with Crippen LogP contribution < -0.4 is 5.32 Å². The molecule has 0 radical (unpaired) electrons. The number of urea groups is 1. The normalized spacial score (nSPS) is 21.0. The maximum atomic E-state index is 12.7. The monoisotopic (exact) mass is 407 g/mol. The van der Waals surface area contributed by atoms with Crippen LogP contribution in [0.15, 0.2) is 54.6 Å². The number of nitrogens with one attached hydrogen (secondary N) is 1. The Morgan fingerprint density at radius 1 is 1.17 bits per heavy atom. The van der Waals surface area contributed by atoms with Crippen molar-refractivity contribution in [3.8, 4) is 0 Å². The number of likely N-dealkylation sites (tertiary alicyclic amines) is 1. The van der Waals surface area contributed by atoms with Crippen molar-refractivity contribution in [1.29, 1.82) is 0 Å². The Morgan fingerprint density at radius 3 is 2.67 bits per heavy atom. The molecule has 0 saturated carbocycles. The van der Waals surface area contributed by atoms with Crippen molar-refractivity contribution >= 4 is 11.7 Å². The van der Waals surface area contributed by atoms with Crippen LogP contribution in [-0.2, 0) is 11.3 Å². The first-order chi connectivity index (χ1) is 14.5. The summed E-state index contributed by atoms with van der Waals surface area (Å²) in [5.41, 5.74) is 3.26. The summed E-state index contributed by atoms with van der Waals surface area (Å²) < 4.78 is 6.31. The largest absolute Gasteiger partial charge is 0.375 e. The third-order valence-corrected chi connectivity index (χ3v) is 6.60. The van der Waals surface area contributed by atoms with E-state index in [1.807, 2.05) is 36.1 Å². The van der Waals surface area contributed by atoms with Gasteiger partial charge in [-0.25, -0.2) is 4.79 Å². The van der Waals surface area contributed by atoms with Crippen LogP contribution in [0.1, 0.15) is 36.8 Å². The van der Waals surface area contributed by atoms with Gasteiger partial charge in [-0.05, 0) is 62.9 Å². The zero-order valence-corrected chi connectivity index (χ0v) is 18.1. The van der Waals surface area contributed by atoms with Gasteiger partial charge in [0.15, 0.2) is 0 Å². The molecule has 0 unspecified atom stereocenters. The van der Waals surface area contributed by atoms with E-state index in [0.29, 0.717) is 6.04 Å². The minimum absolute atomic E-state index is 0.0102. The molecule has 2 fully saturated rings. The first-order valence-electron chi connectivity index (χ1n) is 11.0. The molecular weight excluding hydrogens is 374 g/mol. The summed E-state index contributed by atoms with van der Waals surface area (Å²) in [6.07, 6.45) is 3.93. The molecule has 5 heteroatoms. The maximum absolute atomic E-state index is 12.7. The van der Waals surface area contributed by atoms with Gasteiger partial charge in [0.25, 0.3) is 0 Å². The molecule has 0 aliphatic carbocycles. The highest BCUT2D eigenvalue weighted by Crippen LogP contribution is 2.37. The van der Waals surface area contributed by atoms with Crippen LogP contribution in [0.4, 0.5) is 10.5 Å². The van der Waals surface area contributed by atoms with Gasteiger partial charge < -0.3 is 15.0 Å². The van der Waals surface area contributed by atoms with Gasteiger partial charge in [0.05, 0.1) is 5.60 Å². The predicted octanol–water partition coefficient (Wildman–Crippen LogP) is 4.67. The molecule has 5 nitrogen and oxygen atoms in total. The molecule has 2 saturated heterocycles. The molecule has 2 aromatic carbocycles. The van der Waals surface area contributed by atoms with E-state index in [-0.39, 0.29) is 11.6 Å². The van der Waals surface area contributed by atoms with E-state index >= 15 is 0 Å². The summed E-state index contributed by atoms with van der Waals surface area (Å²) in [6, 6.07) is 19.1. The summed E-state index contributed by atoms with van der Waals surface area (Å²) >= 11 is 0. The standard InChI is InChI=1S/C25H33N3O2/c1-20-7-6-10-22(17-20)26-24(29)28-14-12-25(13-15-28)18-23(11-16-30-25)27(2)19-21-8-4-3-5-9-21/h3-10,17,23H,11-16,18-19H2,1-2H3,(H,26,29)/t23-/m0/s1. The first kappa shape index (κ1) is 20.9. The molecule has 2 aliphatic heterocycles. The number of amides is 2. The van der Waals surface area contributed by atoms with Crippen LogP contribution in [0.3, 0.4) is 0 Å². The highest BCUT2D eigenvalue weighted by atomic mass is 16.5. The summed E-state index contributed by atoms with van der Waals surface area (Å²) in [5, 5.41) is 3.04. The number of hydrogen-bond acceptors (Lipinski definition) is 3. The van der Waals surface area contributed by atoms with Crippen molar-refractivity contribution in [3.63, 3.8) is 0 Å². The molecule has 1 atom stereocenters. The van der Waals surface area contributed by atoms with Crippen molar-refractivity contribution < 1.29 is 9.53 Å². The fourth-order valence-electron chi connectivity index (χ4n) is 4.77. The molecule has 0 aromatic heterocycles. The Labute approximate surface area is 180 Å². The second-order valence-corrected chi connectivity index (χ2v) is 8.87. The second kappa shape index (κ2) is 9.19. The molecular formula is C25H33N3O2. The maximum Gasteiger partial charge on any atom is 0.321 e. The van der Waals surface area contributed by atoms with Crippen molar-refractivity contribution in [2.75, 3.05) is 32.1 Å². The van der Waals surface area contributed by atoms with Gasteiger partial charge in [-0.2, -0.15) is 0 Å². The summed E-state index contributed by atoms with van der Waals surface area (Å²) in [7, 11) is 2.22. The second-order valence-electron chi connectivity index (χ2n) is 8.87. The molecule has 2 heterocycles. The quantitative estimate of drug-likeness (QED) is 0.801. The van der Waals surface area contributed by atoms with Crippen molar-refractivity contribution in [1.82, 2.24) is 9.80 Å². The third kappa shape index (κ3) is 5.02. The highest BCUT2D eigenvalue weighted by molar-refractivity contribution is 5.89. The topological polar surface area (TPSA) is 44.8 Å². The molecule has 160 valence electrons. The zero-order chi connectivity index (χ0) is 21.0. The number of anilines is 1. The number of carbonyl (C=O) groups is 1.